The minimum absolute atomic E-state index is 0.0572. The largest absolute Gasteiger partial charge is 0.481 e. The summed E-state index contributed by atoms with van der Waals surface area (Å²) in [5, 5.41) is 9.65. The minimum atomic E-state index is -0.655. The van der Waals surface area contributed by atoms with Crippen molar-refractivity contribution in [1.29, 1.82) is 0 Å². The molecule has 1 aliphatic heterocycles. The smallest absolute Gasteiger partial charge is 0.307 e. The molecule has 4 aliphatic rings. The lowest BCUT2D eigenvalue weighted by Crippen LogP contribution is -2.60. The Labute approximate surface area is 148 Å². The van der Waals surface area contributed by atoms with Gasteiger partial charge in [0.1, 0.15) is 0 Å². The molecule has 0 aromatic carbocycles. The highest BCUT2D eigenvalue weighted by Crippen LogP contribution is 2.65. The maximum atomic E-state index is 14.3. The second-order valence-electron chi connectivity index (χ2n) is 9.26. The zero-order valence-electron chi connectivity index (χ0n) is 15.3. The first kappa shape index (κ1) is 17.0. The van der Waals surface area contributed by atoms with Crippen LogP contribution in [0.3, 0.4) is 0 Å². The number of halogens is 1. The Bertz CT molecular complexity index is 661. The van der Waals surface area contributed by atoms with E-state index in [9.17, 15) is 19.1 Å². The number of carbonyl (C=O) groups is 2. The van der Waals surface area contributed by atoms with Crippen molar-refractivity contribution in [2.75, 3.05) is 7.05 Å². The molecular weight excluding hydrogens is 321 g/mol. The number of likely N-dealkylation sites (N-methyl/N-ethyl adjacent to an activating group) is 1. The van der Waals surface area contributed by atoms with Gasteiger partial charge >= 0.3 is 5.97 Å². The highest BCUT2D eigenvalue weighted by molar-refractivity contribution is 5.92. The molecule has 5 unspecified atom stereocenters. The van der Waals surface area contributed by atoms with E-state index in [0.29, 0.717) is 17.8 Å². The molecule has 0 radical (unpaired) electrons. The van der Waals surface area contributed by atoms with Crippen LogP contribution in [0.2, 0.25) is 0 Å². The molecule has 0 saturated heterocycles. The van der Waals surface area contributed by atoms with E-state index in [0.717, 1.165) is 38.5 Å². The van der Waals surface area contributed by atoms with Gasteiger partial charge in [-0.05, 0) is 67.8 Å². The van der Waals surface area contributed by atoms with E-state index in [2.05, 4.69) is 13.8 Å². The number of aliphatic carboxylic acids is 1. The zero-order valence-corrected chi connectivity index (χ0v) is 15.3. The summed E-state index contributed by atoms with van der Waals surface area (Å²) in [6, 6.07) is 0.0572. The van der Waals surface area contributed by atoms with E-state index in [1.807, 2.05) is 0 Å². The first-order chi connectivity index (χ1) is 11.7. The first-order valence-electron chi connectivity index (χ1n) is 9.58. The van der Waals surface area contributed by atoms with Gasteiger partial charge < -0.3 is 10.0 Å². The van der Waals surface area contributed by atoms with Gasteiger partial charge in [-0.3, -0.25) is 9.59 Å². The average molecular weight is 349 g/mol. The number of carboxylic acid groups (broad SMARTS) is 1. The number of hydrogen-bond acceptors (Lipinski definition) is 2. The summed E-state index contributed by atoms with van der Waals surface area (Å²) in [7, 11) is 1.72. The van der Waals surface area contributed by atoms with E-state index in [-0.39, 0.29) is 22.8 Å². The average Bonchev–Trinajstić information content (AvgIpc) is 2.90. The molecule has 0 aromatic rings. The Kier molecular flexibility index (Phi) is 3.62. The Balaban J connectivity index is 1.70. The fourth-order valence-electron chi connectivity index (χ4n) is 7.24. The van der Waals surface area contributed by atoms with E-state index < -0.39 is 17.7 Å². The van der Waals surface area contributed by atoms with E-state index >= 15 is 0 Å². The lowest BCUT2D eigenvalue weighted by atomic mass is 9.47. The molecule has 0 aromatic heterocycles. The zero-order chi connectivity index (χ0) is 18.1. The van der Waals surface area contributed by atoms with Gasteiger partial charge in [0.2, 0.25) is 0 Å². The van der Waals surface area contributed by atoms with E-state index in [1.165, 1.54) is 0 Å². The second kappa shape index (κ2) is 5.31. The van der Waals surface area contributed by atoms with Gasteiger partial charge in [0, 0.05) is 18.5 Å². The van der Waals surface area contributed by atoms with Gasteiger partial charge in [-0.2, -0.15) is 0 Å². The van der Waals surface area contributed by atoms with Crippen LogP contribution < -0.4 is 0 Å². The van der Waals surface area contributed by atoms with Gasteiger partial charge in [-0.25, -0.2) is 4.39 Å². The number of hydrogen-bond donors (Lipinski definition) is 1. The van der Waals surface area contributed by atoms with E-state index in [4.69, 9.17) is 0 Å². The Morgan fingerprint density at radius 1 is 1.20 bits per heavy atom. The summed E-state index contributed by atoms with van der Waals surface area (Å²) < 4.78 is 14.3. The Morgan fingerprint density at radius 3 is 2.60 bits per heavy atom. The third-order valence-corrected chi connectivity index (χ3v) is 8.46. The number of amides is 1. The number of carboxylic acids is 1. The molecule has 3 aliphatic carbocycles. The fourth-order valence-corrected chi connectivity index (χ4v) is 7.24. The summed E-state index contributed by atoms with van der Waals surface area (Å²) in [5.41, 5.74) is -0.465. The molecule has 4 nitrogen and oxygen atoms in total. The predicted octanol–water partition coefficient (Wildman–Crippen LogP) is 3.62. The molecule has 138 valence electrons. The summed E-state index contributed by atoms with van der Waals surface area (Å²) in [4.78, 5) is 25.4. The molecule has 25 heavy (non-hydrogen) atoms. The molecule has 0 bridgehead atoms. The third kappa shape index (κ3) is 2.10. The van der Waals surface area contributed by atoms with Crippen LogP contribution in [0, 0.1) is 34.5 Å². The van der Waals surface area contributed by atoms with E-state index in [1.54, 1.807) is 18.0 Å². The van der Waals surface area contributed by atoms with Gasteiger partial charge in [0.05, 0.1) is 5.92 Å². The van der Waals surface area contributed by atoms with Crippen LogP contribution in [0.25, 0.3) is 0 Å². The summed E-state index contributed by atoms with van der Waals surface area (Å²) >= 11 is 0. The lowest BCUT2D eigenvalue weighted by Gasteiger charge is -2.60. The van der Waals surface area contributed by atoms with Crippen LogP contribution in [-0.2, 0) is 9.59 Å². The second-order valence-corrected chi connectivity index (χ2v) is 9.26. The Hall–Kier alpha value is -1.39. The molecular formula is C20H28FNO3. The van der Waals surface area contributed by atoms with Crippen LogP contribution in [0.15, 0.2) is 11.9 Å². The normalized spacial score (nSPS) is 49.1. The molecule has 4 rings (SSSR count). The van der Waals surface area contributed by atoms with Crippen LogP contribution >= 0.6 is 0 Å². The van der Waals surface area contributed by atoms with Crippen LogP contribution in [0.5, 0.6) is 0 Å². The van der Waals surface area contributed by atoms with Crippen LogP contribution in [0.1, 0.15) is 52.4 Å². The standard InChI is InChI=1S/C20H28FNO3/c1-19-9-8-13-11(12(19)5-6-14(19)18(24)25)4-7-16-20(13,2)10-15(21)17(23)22(16)3/h10-14,16H,4-9H2,1-3H3,(H,24,25)/t11-,12?,13?,14?,16?,19?,20+/m0/s1. The minimum Gasteiger partial charge on any atom is -0.481 e. The molecule has 3 saturated carbocycles. The first-order valence-corrected chi connectivity index (χ1v) is 9.58. The summed E-state index contributed by atoms with van der Waals surface area (Å²) in [6.07, 6.45) is 7.06. The van der Waals surface area contributed by atoms with Crippen molar-refractivity contribution >= 4 is 11.9 Å². The fraction of sp³-hybridized carbons (Fsp3) is 0.800. The van der Waals surface area contributed by atoms with Gasteiger partial charge in [0.25, 0.3) is 5.91 Å². The molecule has 1 amide bonds. The SMILES string of the molecule is CN1C(=O)C(F)=C[C@]2(C)C3CCC4(C)C(C(=O)O)CCC4[C@@H]3CCC12. The number of carbonyl (C=O) groups excluding carboxylic acids is 1. The maximum Gasteiger partial charge on any atom is 0.307 e. The third-order valence-electron chi connectivity index (χ3n) is 8.46. The molecule has 3 fully saturated rings. The highest BCUT2D eigenvalue weighted by Gasteiger charge is 2.62. The summed E-state index contributed by atoms with van der Waals surface area (Å²) in [6.45, 7) is 4.28. The molecule has 7 atom stereocenters. The monoisotopic (exact) mass is 349 g/mol. The van der Waals surface area contributed by atoms with Crippen molar-refractivity contribution in [2.24, 2.45) is 34.5 Å². The van der Waals surface area contributed by atoms with Gasteiger partial charge in [0.15, 0.2) is 5.83 Å². The number of nitrogens with zero attached hydrogens (tertiary/aromatic N) is 1. The molecule has 5 heteroatoms. The summed E-state index contributed by atoms with van der Waals surface area (Å²) in [5.74, 6) is -0.833. The Morgan fingerprint density at radius 2 is 1.92 bits per heavy atom. The highest BCUT2D eigenvalue weighted by atomic mass is 19.1. The quantitative estimate of drug-likeness (QED) is 0.786. The maximum absolute atomic E-state index is 14.3. The van der Waals surface area contributed by atoms with Gasteiger partial charge in [-0.15, -0.1) is 0 Å². The predicted molar refractivity (Wildman–Crippen MR) is 91.3 cm³/mol. The van der Waals surface area contributed by atoms with Crippen molar-refractivity contribution in [3.8, 4) is 0 Å². The molecule has 1 N–H and O–H groups in total. The van der Waals surface area contributed by atoms with Crippen LogP contribution in [0.4, 0.5) is 4.39 Å². The number of rotatable bonds is 1. The van der Waals surface area contributed by atoms with Crippen molar-refractivity contribution < 1.29 is 19.1 Å². The van der Waals surface area contributed by atoms with Gasteiger partial charge in [-0.1, -0.05) is 13.8 Å². The van der Waals surface area contributed by atoms with Crippen LogP contribution in [-0.4, -0.2) is 35.0 Å². The van der Waals surface area contributed by atoms with Crippen molar-refractivity contribution in [2.45, 2.75) is 58.4 Å². The van der Waals surface area contributed by atoms with Crippen molar-refractivity contribution in [3.05, 3.63) is 11.9 Å². The van der Waals surface area contributed by atoms with Crippen molar-refractivity contribution in [3.63, 3.8) is 0 Å². The lowest BCUT2D eigenvalue weighted by molar-refractivity contribution is -0.153. The van der Waals surface area contributed by atoms with Crippen molar-refractivity contribution in [1.82, 2.24) is 4.90 Å². The topological polar surface area (TPSA) is 57.6 Å². The molecule has 1 heterocycles. The number of fused-ring (bicyclic) bond motifs is 5. The molecule has 0 spiro atoms.